The first-order valence-electron chi connectivity index (χ1n) is 6.03. The fourth-order valence-corrected chi connectivity index (χ4v) is 3.08. The third-order valence-electron chi connectivity index (χ3n) is 2.99. The Balaban J connectivity index is 2.45. The molecule has 2 rings (SSSR count). The number of halogens is 2. The van der Waals surface area contributed by atoms with Gasteiger partial charge in [0.2, 0.25) is 0 Å². The number of sulfonamides is 1. The highest BCUT2D eigenvalue weighted by atomic mass is 35.5. The van der Waals surface area contributed by atoms with Crippen LogP contribution in [0.15, 0.2) is 41.3 Å². The Morgan fingerprint density at radius 3 is 2.59 bits per heavy atom. The van der Waals surface area contributed by atoms with E-state index in [9.17, 15) is 17.6 Å². The molecule has 22 heavy (non-hydrogen) atoms. The summed E-state index contributed by atoms with van der Waals surface area (Å²) in [5.41, 5.74) is 0.0627. The number of carbonyl (C=O) groups is 1. The second-order valence-corrected chi connectivity index (χ2v) is 6.55. The van der Waals surface area contributed by atoms with E-state index < -0.39 is 27.4 Å². The zero-order chi connectivity index (χ0) is 16.5. The summed E-state index contributed by atoms with van der Waals surface area (Å²) in [6.45, 7) is 1.63. The number of aromatic carboxylic acids is 1. The predicted octanol–water partition coefficient (Wildman–Crippen LogP) is 3.29. The van der Waals surface area contributed by atoms with E-state index in [1.54, 1.807) is 19.1 Å². The molecule has 0 fully saturated rings. The second-order valence-electron chi connectivity index (χ2n) is 4.46. The number of carboxylic acids is 1. The lowest BCUT2D eigenvalue weighted by Gasteiger charge is -2.12. The highest BCUT2D eigenvalue weighted by Gasteiger charge is 2.20. The Hall–Kier alpha value is -2.12. The Labute approximate surface area is 131 Å². The average Bonchev–Trinajstić information content (AvgIpc) is 2.43. The van der Waals surface area contributed by atoms with Crippen molar-refractivity contribution in [2.45, 2.75) is 11.8 Å². The van der Waals surface area contributed by atoms with Crippen molar-refractivity contribution in [2.24, 2.45) is 0 Å². The lowest BCUT2D eigenvalue weighted by molar-refractivity contribution is 0.0691. The summed E-state index contributed by atoms with van der Waals surface area (Å²) >= 11 is 5.91. The Kier molecular flexibility index (Phi) is 4.39. The molecule has 8 heteroatoms. The van der Waals surface area contributed by atoms with E-state index in [1.165, 1.54) is 6.07 Å². The molecule has 0 saturated carbocycles. The van der Waals surface area contributed by atoms with Crippen molar-refractivity contribution in [1.29, 1.82) is 0 Å². The van der Waals surface area contributed by atoms with E-state index in [-0.39, 0.29) is 10.6 Å². The highest BCUT2D eigenvalue weighted by molar-refractivity contribution is 7.92. The normalized spacial score (nSPS) is 11.2. The van der Waals surface area contributed by atoms with E-state index in [4.69, 9.17) is 16.7 Å². The van der Waals surface area contributed by atoms with E-state index in [0.717, 1.165) is 18.2 Å². The van der Waals surface area contributed by atoms with Crippen molar-refractivity contribution < 1.29 is 22.7 Å². The van der Waals surface area contributed by atoms with Gasteiger partial charge in [0, 0.05) is 5.02 Å². The van der Waals surface area contributed by atoms with Crippen LogP contribution < -0.4 is 4.72 Å². The van der Waals surface area contributed by atoms with E-state index in [2.05, 4.69) is 4.72 Å². The van der Waals surface area contributed by atoms with Gasteiger partial charge in [0.25, 0.3) is 10.0 Å². The van der Waals surface area contributed by atoms with Crippen LogP contribution >= 0.6 is 11.6 Å². The van der Waals surface area contributed by atoms with Crippen LogP contribution in [0.4, 0.5) is 10.1 Å². The van der Waals surface area contributed by atoms with Gasteiger partial charge in [0.15, 0.2) is 0 Å². The van der Waals surface area contributed by atoms with Crippen molar-refractivity contribution in [2.75, 3.05) is 4.72 Å². The summed E-state index contributed by atoms with van der Waals surface area (Å²) in [7, 11) is -4.06. The maximum atomic E-state index is 13.3. The van der Waals surface area contributed by atoms with Gasteiger partial charge in [-0.2, -0.15) is 0 Å². The molecule has 0 saturated heterocycles. The van der Waals surface area contributed by atoms with Gasteiger partial charge in [-0.3, -0.25) is 4.72 Å². The number of hydrogen-bond acceptors (Lipinski definition) is 3. The molecule has 0 aliphatic carbocycles. The molecule has 2 aromatic rings. The number of hydrogen-bond donors (Lipinski definition) is 2. The molecule has 2 aromatic carbocycles. The fraction of sp³-hybridized carbons (Fsp3) is 0.0714. The van der Waals surface area contributed by atoms with Crippen molar-refractivity contribution in [3.8, 4) is 0 Å². The van der Waals surface area contributed by atoms with Crippen LogP contribution in [-0.4, -0.2) is 19.5 Å². The first-order chi connectivity index (χ1) is 10.2. The molecule has 0 radical (unpaired) electrons. The minimum absolute atomic E-state index is 0.258. The number of anilines is 1. The van der Waals surface area contributed by atoms with Gasteiger partial charge in [-0.1, -0.05) is 17.7 Å². The third kappa shape index (κ3) is 3.20. The molecule has 0 aromatic heterocycles. The predicted molar refractivity (Wildman–Crippen MR) is 80.4 cm³/mol. The lowest BCUT2D eigenvalue weighted by atomic mass is 10.2. The molecule has 0 bridgehead atoms. The fourth-order valence-electron chi connectivity index (χ4n) is 1.76. The van der Waals surface area contributed by atoms with Gasteiger partial charge >= 0.3 is 5.97 Å². The maximum Gasteiger partial charge on any atom is 0.338 e. The average molecular weight is 344 g/mol. The molecule has 0 atom stereocenters. The van der Waals surface area contributed by atoms with Gasteiger partial charge in [-0.25, -0.2) is 17.6 Å². The molecule has 0 amide bonds. The highest BCUT2D eigenvalue weighted by Crippen LogP contribution is 2.26. The summed E-state index contributed by atoms with van der Waals surface area (Å²) in [6.07, 6.45) is 0. The minimum atomic E-state index is -4.06. The van der Waals surface area contributed by atoms with E-state index in [1.807, 2.05) is 0 Å². The monoisotopic (exact) mass is 343 g/mol. The van der Waals surface area contributed by atoms with Gasteiger partial charge in [-0.05, 0) is 42.8 Å². The van der Waals surface area contributed by atoms with Crippen LogP contribution in [0.2, 0.25) is 5.02 Å². The molecular weight excluding hydrogens is 333 g/mol. The molecular formula is C14H11ClFNO4S. The van der Waals surface area contributed by atoms with Crippen LogP contribution in [-0.2, 0) is 10.0 Å². The lowest BCUT2D eigenvalue weighted by Crippen LogP contribution is -2.15. The molecule has 5 nitrogen and oxygen atoms in total. The molecule has 0 unspecified atom stereocenters. The zero-order valence-electron chi connectivity index (χ0n) is 11.3. The molecule has 0 heterocycles. The summed E-state index contributed by atoms with van der Waals surface area (Å²) in [5.74, 6) is -2.56. The van der Waals surface area contributed by atoms with E-state index >= 15 is 0 Å². The summed E-state index contributed by atoms with van der Waals surface area (Å²) in [4.78, 5) is 10.5. The topological polar surface area (TPSA) is 83.5 Å². The van der Waals surface area contributed by atoms with Crippen molar-refractivity contribution in [3.63, 3.8) is 0 Å². The van der Waals surface area contributed by atoms with Crippen LogP contribution in [0.1, 0.15) is 15.9 Å². The number of benzene rings is 2. The van der Waals surface area contributed by atoms with Gasteiger partial charge < -0.3 is 5.11 Å². The van der Waals surface area contributed by atoms with Gasteiger partial charge in [0.05, 0.1) is 16.1 Å². The Morgan fingerprint density at radius 1 is 1.27 bits per heavy atom. The van der Waals surface area contributed by atoms with Crippen LogP contribution in [0, 0.1) is 12.7 Å². The van der Waals surface area contributed by atoms with Gasteiger partial charge in [-0.15, -0.1) is 0 Å². The third-order valence-corrected chi connectivity index (χ3v) is 4.76. The minimum Gasteiger partial charge on any atom is -0.478 e. The van der Waals surface area contributed by atoms with Crippen LogP contribution in [0.5, 0.6) is 0 Å². The molecule has 0 spiro atoms. The summed E-state index contributed by atoms with van der Waals surface area (Å²) in [5, 5.41) is 9.23. The number of rotatable bonds is 4. The molecule has 2 N–H and O–H groups in total. The quantitative estimate of drug-likeness (QED) is 0.892. The first kappa shape index (κ1) is 16.3. The summed E-state index contributed by atoms with van der Waals surface area (Å²) < 4.78 is 40.2. The maximum absolute atomic E-state index is 13.3. The standard InChI is InChI=1S/C14H11ClFNO4S/c1-8-11(15)3-2-4-13(8)17-22(20,21)9-5-6-12(16)10(7-9)14(18)19/h2-7,17H,1H3,(H,18,19). The largest absolute Gasteiger partial charge is 0.478 e. The van der Waals surface area contributed by atoms with Crippen molar-refractivity contribution in [1.82, 2.24) is 0 Å². The Bertz CT molecular complexity index is 852. The zero-order valence-corrected chi connectivity index (χ0v) is 12.9. The molecule has 0 aliphatic rings. The smallest absolute Gasteiger partial charge is 0.338 e. The van der Waals surface area contributed by atoms with Crippen molar-refractivity contribution >= 4 is 33.3 Å². The second kappa shape index (κ2) is 5.94. The van der Waals surface area contributed by atoms with Crippen LogP contribution in [0.3, 0.4) is 0 Å². The first-order valence-corrected chi connectivity index (χ1v) is 7.89. The molecule has 0 aliphatic heterocycles. The Morgan fingerprint density at radius 2 is 1.95 bits per heavy atom. The number of carboxylic acid groups (broad SMARTS) is 1. The summed E-state index contributed by atoms with van der Waals surface area (Å²) in [6, 6.07) is 7.24. The van der Waals surface area contributed by atoms with Crippen molar-refractivity contribution in [3.05, 3.63) is 58.4 Å². The number of nitrogens with one attached hydrogen (secondary N) is 1. The molecule has 116 valence electrons. The van der Waals surface area contributed by atoms with Gasteiger partial charge in [0.1, 0.15) is 5.82 Å². The van der Waals surface area contributed by atoms with Crippen LogP contribution in [0.25, 0.3) is 0 Å². The SMILES string of the molecule is Cc1c(Cl)cccc1NS(=O)(=O)c1ccc(F)c(C(=O)O)c1. The van der Waals surface area contributed by atoms with E-state index in [0.29, 0.717) is 10.6 Å².